The van der Waals surface area contributed by atoms with E-state index in [1.165, 1.54) is 12.5 Å². The Morgan fingerprint density at radius 3 is 2.66 bits per heavy atom. The van der Waals surface area contributed by atoms with Crippen LogP contribution in [0.5, 0.6) is 5.75 Å². The second-order valence-electron chi connectivity index (χ2n) is 8.38. The number of phenolic OH excluding ortho intramolecular Hbond substituents is 1. The van der Waals surface area contributed by atoms with Crippen LogP contribution in [0.1, 0.15) is 48.3 Å². The molecule has 0 saturated carbocycles. The number of nitrogens with zero attached hydrogens (tertiary/aromatic N) is 4. The number of pyridine rings is 1. The third kappa shape index (κ3) is 3.92. The lowest BCUT2D eigenvalue weighted by Crippen LogP contribution is -2.54. The highest BCUT2D eigenvalue weighted by Crippen LogP contribution is 2.37. The first-order valence-electron chi connectivity index (χ1n) is 10.7. The van der Waals surface area contributed by atoms with E-state index in [1.807, 2.05) is 30.0 Å². The van der Waals surface area contributed by atoms with Gasteiger partial charge in [-0.3, -0.25) is 4.79 Å². The number of hydrogen-bond donors (Lipinski definition) is 1. The summed E-state index contributed by atoms with van der Waals surface area (Å²) < 4.78 is 5.06. The Balaban J connectivity index is 1.72. The number of furan rings is 1. The van der Waals surface area contributed by atoms with Crippen LogP contribution in [0.15, 0.2) is 53.3 Å². The first-order chi connectivity index (χ1) is 15.4. The topological polar surface area (TPSA) is 93.6 Å². The molecule has 1 amide bonds. The number of anilines is 1. The number of benzene rings is 1. The van der Waals surface area contributed by atoms with Crippen LogP contribution >= 0.6 is 0 Å². The second-order valence-corrected chi connectivity index (χ2v) is 8.38. The Labute approximate surface area is 187 Å². The van der Waals surface area contributed by atoms with Crippen molar-refractivity contribution in [1.82, 2.24) is 9.88 Å². The molecule has 0 aliphatic carbocycles. The molecule has 0 spiro atoms. The van der Waals surface area contributed by atoms with E-state index in [0.29, 0.717) is 47.7 Å². The van der Waals surface area contributed by atoms with Crippen molar-refractivity contribution in [2.75, 3.05) is 24.5 Å². The van der Waals surface area contributed by atoms with Crippen molar-refractivity contribution in [3.63, 3.8) is 0 Å². The Bertz CT molecular complexity index is 1160. The lowest BCUT2D eigenvalue weighted by atomic mass is 9.96. The van der Waals surface area contributed by atoms with Crippen molar-refractivity contribution in [2.24, 2.45) is 0 Å². The van der Waals surface area contributed by atoms with E-state index >= 15 is 0 Å². The minimum absolute atomic E-state index is 0.0646. The monoisotopic (exact) mass is 430 g/mol. The number of nitriles is 1. The van der Waals surface area contributed by atoms with Gasteiger partial charge in [0.05, 0.1) is 11.8 Å². The molecule has 7 nitrogen and oxygen atoms in total. The summed E-state index contributed by atoms with van der Waals surface area (Å²) in [5.74, 6) is 0.802. The Morgan fingerprint density at radius 1 is 1.25 bits per heavy atom. The summed E-state index contributed by atoms with van der Waals surface area (Å²) in [5.41, 5.74) is 3.09. The molecule has 1 fully saturated rings. The van der Waals surface area contributed by atoms with Crippen LogP contribution in [0.3, 0.4) is 0 Å². The molecule has 3 heterocycles. The van der Waals surface area contributed by atoms with Gasteiger partial charge in [-0.25, -0.2) is 4.98 Å². The van der Waals surface area contributed by atoms with Gasteiger partial charge in [0.2, 0.25) is 0 Å². The van der Waals surface area contributed by atoms with Crippen LogP contribution in [0.4, 0.5) is 5.82 Å². The third-order valence-electron chi connectivity index (χ3n) is 5.87. The average Bonchev–Trinajstić information content (AvgIpc) is 3.33. The van der Waals surface area contributed by atoms with Gasteiger partial charge in [-0.1, -0.05) is 32.0 Å². The number of para-hydroxylation sites is 1. The second kappa shape index (κ2) is 8.75. The summed E-state index contributed by atoms with van der Waals surface area (Å²) in [7, 11) is 0. The van der Waals surface area contributed by atoms with E-state index in [2.05, 4.69) is 24.8 Å². The summed E-state index contributed by atoms with van der Waals surface area (Å²) >= 11 is 0. The molecular formula is C25H26N4O3. The predicted octanol–water partition coefficient (Wildman–Crippen LogP) is 4.39. The number of rotatable bonds is 4. The fourth-order valence-corrected chi connectivity index (χ4v) is 4.10. The van der Waals surface area contributed by atoms with E-state index in [9.17, 15) is 15.2 Å². The fraction of sp³-hybridized carbons (Fsp3) is 0.320. The molecule has 1 N–H and O–H groups in total. The molecular weight excluding hydrogens is 404 g/mol. The van der Waals surface area contributed by atoms with Gasteiger partial charge in [0.25, 0.3) is 5.91 Å². The lowest BCUT2D eigenvalue weighted by Gasteiger charge is -2.40. The largest absolute Gasteiger partial charge is 0.507 e. The molecule has 7 heteroatoms. The van der Waals surface area contributed by atoms with Crippen molar-refractivity contribution in [3.05, 3.63) is 65.7 Å². The van der Waals surface area contributed by atoms with Crippen LogP contribution < -0.4 is 4.90 Å². The average molecular weight is 431 g/mol. The minimum Gasteiger partial charge on any atom is -0.507 e. The van der Waals surface area contributed by atoms with Gasteiger partial charge in [-0.15, -0.1) is 0 Å². The number of hydrogen-bond acceptors (Lipinski definition) is 6. The van der Waals surface area contributed by atoms with E-state index in [1.54, 1.807) is 18.2 Å². The van der Waals surface area contributed by atoms with Gasteiger partial charge < -0.3 is 19.3 Å². The number of phenols is 1. The molecule has 4 rings (SSSR count). The van der Waals surface area contributed by atoms with Crippen LogP contribution in [0.25, 0.3) is 11.1 Å². The summed E-state index contributed by atoms with van der Waals surface area (Å²) in [6.45, 7) is 7.71. The number of aromatic nitrogens is 1. The molecule has 1 aromatic carbocycles. The van der Waals surface area contributed by atoms with Crippen molar-refractivity contribution in [2.45, 2.75) is 32.7 Å². The molecule has 2 aromatic heterocycles. The maximum absolute atomic E-state index is 12.8. The highest BCUT2D eigenvalue weighted by atomic mass is 16.3. The van der Waals surface area contributed by atoms with Gasteiger partial charge in [0.1, 0.15) is 29.5 Å². The smallest absolute Gasteiger partial charge is 0.257 e. The van der Waals surface area contributed by atoms with Crippen molar-refractivity contribution >= 4 is 11.7 Å². The number of amides is 1. The Kier molecular flexibility index (Phi) is 5.87. The lowest BCUT2D eigenvalue weighted by molar-refractivity contribution is 0.0673. The number of piperazine rings is 1. The molecule has 1 atom stereocenters. The zero-order valence-electron chi connectivity index (χ0n) is 18.4. The zero-order chi connectivity index (χ0) is 22.8. The first kappa shape index (κ1) is 21.4. The standard InChI is InChI=1S/C25H26N4O3/c1-16(2)22-12-20(19-6-4-5-7-23(19)30)21(13-26)24(27-22)28-9-10-29(17(3)14-28)25(31)18-8-11-32-15-18/h4-8,11-12,15-17,30H,9-10,14H2,1-3H3/t17-/m1/s1. The summed E-state index contributed by atoms with van der Waals surface area (Å²) in [5, 5.41) is 20.5. The Hall–Kier alpha value is -3.79. The zero-order valence-corrected chi connectivity index (χ0v) is 18.4. The molecule has 0 unspecified atom stereocenters. The van der Waals surface area contributed by atoms with Crippen LogP contribution in [0.2, 0.25) is 0 Å². The van der Waals surface area contributed by atoms with Gasteiger partial charge in [-0.05, 0) is 31.0 Å². The van der Waals surface area contributed by atoms with E-state index < -0.39 is 0 Å². The van der Waals surface area contributed by atoms with Gasteiger partial charge >= 0.3 is 0 Å². The molecule has 1 saturated heterocycles. The predicted molar refractivity (Wildman–Crippen MR) is 122 cm³/mol. The molecule has 1 aliphatic heterocycles. The van der Waals surface area contributed by atoms with Gasteiger partial charge in [0, 0.05) is 42.5 Å². The molecule has 164 valence electrons. The summed E-state index contributed by atoms with van der Waals surface area (Å²) in [6, 6.07) is 12.8. The number of carbonyl (C=O) groups is 1. The fourth-order valence-electron chi connectivity index (χ4n) is 4.10. The molecule has 0 radical (unpaired) electrons. The van der Waals surface area contributed by atoms with Crippen LogP contribution in [-0.2, 0) is 0 Å². The highest BCUT2D eigenvalue weighted by Gasteiger charge is 2.31. The van der Waals surface area contributed by atoms with E-state index in [-0.39, 0.29) is 23.6 Å². The van der Waals surface area contributed by atoms with E-state index in [0.717, 1.165) is 5.69 Å². The molecule has 3 aromatic rings. The normalized spacial score (nSPS) is 16.3. The third-order valence-corrected chi connectivity index (χ3v) is 5.87. The van der Waals surface area contributed by atoms with Gasteiger partial charge in [0.15, 0.2) is 0 Å². The maximum Gasteiger partial charge on any atom is 0.257 e. The summed E-state index contributed by atoms with van der Waals surface area (Å²) in [6.07, 6.45) is 2.96. The van der Waals surface area contributed by atoms with Crippen LogP contribution in [0, 0.1) is 11.3 Å². The molecule has 0 bridgehead atoms. The SMILES string of the molecule is CC(C)c1cc(-c2ccccc2O)c(C#N)c(N2CCN(C(=O)c3ccoc3)[C@H](C)C2)n1. The Morgan fingerprint density at radius 2 is 2.03 bits per heavy atom. The van der Waals surface area contributed by atoms with Crippen molar-refractivity contribution < 1.29 is 14.3 Å². The minimum atomic E-state index is -0.0734. The first-order valence-corrected chi connectivity index (χ1v) is 10.7. The van der Waals surface area contributed by atoms with Crippen molar-refractivity contribution in [1.29, 1.82) is 5.26 Å². The quantitative estimate of drug-likeness (QED) is 0.660. The highest BCUT2D eigenvalue weighted by molar-refractivity contribution is 5.94. The maximum atomic E-state index is 12.8. The van der Waals surface area contributed by atoms with E-state index in [4.69, 9.17) is 9.40 Å². The van der Waals surface area contributed by atoms with Crippen molar-refractivity contribution in [3.8, 4) is 22.9 Å². The van der Waals surface area contributed by atoms with Gasteiger partial charge in [-0.2, -0.15) is 5.26 Å². The van der Waals surface area contributed by atoms with Crippen LogP contribution in [-0.4, -0.2) is 46.6 Å². The molecule has 1 aliphatic rings. The molecule has 32 heavy (non-hydrogen) atoms. The summed E-state index contributed by atoms with van der Waals surface area (Å²) in [4.78, 5) is 21.5. The number of aromatic hydroxyl groups is 1. The number of carbonyl (C=O) groups excluding carboxylic acids is 1.